The van der Waals surface area contributed by atoms with Crippen molar-refractivity contribution in [2.45, 2.75) is 25.4 Å². The Bertz CT molecular complexity index is 428. The number of rotatable bonds is 3. The number of ether oxygens (including phenoxy) is 2. The van der Waals surface area contributed by atoms with Crippen LogP contribution in [0.4, 0.5) is 0 Å². The van der Waals surface area contributed by atoms with Crippen molar-refractivity contribution in [2.24, 2.45) is 5.73 Å². The molecule has 1 unspecified atom stereocenters. The van der Waals surface area contributed by atoms with Gasteiger partial charge < -0.3 is 15.2 Å². The molecule has 106 valence electrons. The minimum atomic E-state index is 0. The number of nitrogens with two attached hydrogens (primary N) is 1. The van der Waals surface area contributed by atoms with Crippen LogP contribution >= 0.6 is 12.4 Å². The molecule has 0 aliphatic carbocycles. The Morgan fingerprint density at radius 2 is 2.00 bits per heavy atom. The number of halogens is 1. The molecule has 0 amide bonds. The van der Waals surface area contributed by atoms with E-state index in [2.05, 4.69) is 17.0 Å². The summed E-state index contributed by atoms with van der Waals surface area (Å²) in [6, 6.07) is 6.77. The Hall–Kier alpha value is -0.970. The molecule has 4 nitrogen and oxygen atoms in total. The van der Waals surface area contributed by atoms with E-state index in [9.17, 15) is 0 Å². The van der Waals surface area contributed by atoms with Crippen molar-refractivity contribution >= 4 is 12.4 Å². The highest BCUT2D eigenvalue weighted by Crippen LogP contribution is 2.31. The molecule has 1 atom stereocenters. The maximum atomic E-state index is 5.80. The minimum Gasteiger partial charge on any atom is -0.486 e. The Kier molecular flexibility index (Phi) is 4.91. The van der Waals surface area contributed by atoms with Crippen LogP contribution in [-0.4, -0.2) is 37.2 Å². The van der Waals surface area contributed by atoms with Crippen LogP contribution in [0.15, 0.2) is 18.2 Å². The second kappa shape index (κ2) is 6.46. The van der Waals surface area contributed by atoms with Crippen molar-refractivity contribution in [2.75, 3.05) is 26.3 Å². The van der Waals surface area contributed by atoms with Gasteiger partial charge in [0.25, 0.3) is 0 Å². The maximum absolute atomic E-state index is 5.80. The van der Waals surface area contributed by atoms with E-state index in [1.54, 1.807) is 0 Å². The van der Waals surface area contributed by atoms with Gasteiger partial charge in [0, 0.05) is 19.1 Å². The van der Waals surface area contributed by atoms with Gasteiger partial charge in [-0.25, -0.2) is 0 Å². The predicted octanol–water partition coefficient (Wildman–Crippen LogP) is 1.80. The molecule has 19 heavy (non-hydrogen) atoms. The SMILES string of the molecule is Cl.NCC1CCCN1Cc1ccc2c(c1)OCCO2. The zero-order valence-corrected chi connectivity index (χ0v) is 11.8. The number of benzene rings is 1. The van der Waals surface area contributed by atoms with Crippen molar-refractivity contribution in [3.8, 4) is 11.5 Å². The molecule has 0 bridgehead atoms. The second-order valence-electron chi connectivity index (χ2n) is 4.98. The standard InChI is InChI=1S/C14H20N2O2.ClH/c15-9-12-2-1-5-16(12)10-11-3-4-13-14(8-11)18-7-6-17-13;/h3-4,8,12H,1-2,5-7,9-10,15H2;1H. The number of hydrogen-bond acceptors (Lipinski definition) is 4. The van der Waals surface area contributed by atoms with Gasteiger partial charge in [0.2, 0.25) is 0 Å². The van der Waals surface area contributed by atoms with E-state index in [1.807, 2.05) is 6.07 Å². The summed E-state index contributed by atoms with van der Waals surface area (Å²) in [5.41, 5.74) is 7.08. The molecular formula is C14H21ClN2O2. The van der Waals surface area contributed by atoms with Crippen LogP contribution in [-0.2, 0) is 6.54 Å². The number of hydrogen-bond donors (Lipinski definition) is 1. The topological polar surface area (TPSA) is 47.7 Å². The van der Waals surface area contributed by atoms with Gasteiger partial charge in [-0.2, -0.15) is 0 Å². The van der Waals surface area contributed by atoms with Gasteiger partial charge >= 0.3 is 0 Å². The van der Waals surface area contributed by atoms with Crippen molar-refractivity contribution < 1.29 is 9.47 Å². The summed E-state index contributed by atoms with van der Waals surface area (Å²) in [7, 11) is 0. The van der Waals surface area contributed by atoms with Crippen LogP contribution < -0.4 is 15.2 Å². The second-order valence-corrected chi connectivity index (χ2v) is 4.98. The van der Waals surface area contributed by atoms with Gasteiger partial charge in [0.05, 0.1) is 0 Å². The monoisotopic (exact) mass is 284 g/mol. The normalized spacial score (nSPS) is 22.1. The third-order valence-electron chi connectivity index (χ3n) is 3.76. The molecule has 0 spiro atoms. The molecule has 0 radical (unpaired) electrons. The molecule has 2 heterocycles. The van der Waals surface area contributed by atoms with E-state index >= 15 is 0 Å². The first-order valence-corrected chi connectivity index (χ1v) is 6.69. The fraction of sp³-hybridized carbons (Fsp3) is 0.571. The lowest BCUT2D eigenvalue weighted by atomic mass is 10.1. The van der Waals surface area contributed by atoms with E-state index in [0.29, 0.717) is 19.3 Å². The van der Waals surface area contributed by atoms with Gasteiger partial charge in [-0.3, -0.25) is 4.90 Å². The van der Waals surface area contributed by atoms with Gasteiger partial charge in [-0.05, 0) is 37.1 Å². The van der Waals surface area contributed by atoms with Crippen LogP contribution in [0.5, 0.6) is 11.5 Å². The molecule has 0 saturated carbocycles. The van der Waals surface area contributed by atoms with Gasteiger partial charge in [0.15, 0.2) is 11.5 Å². The van der Waals surface area contributed by atoms with Crippen molar-refractivity contribution in [1.82, 2.24) is 4.90 Å². The summed E-state index contributed by atoms with van der Waals surface area (Å²) in [5.74, 6) is 1.74. The predicted molar refractivity (Wildman–Crippen MR) is 77.2 cm³/mol. The first-order valence-electron chi connectivity index (χ1n) is 6.69. The molecule has 0 aromatic heterocycles. The highest BCUT2D eigenvalue weighted by atomic mass is 35.5. The summed E-state index contributed by atoms with van der Waals surface area (Å²) < 4.78 is 11.1. The molecule has 1 fully saturated rings. The van der Waals surface area contributed by atoms with E-state index in [-0.39, 0.29) is 12.4 Å². The molecule has 3 rings (SSSR count). The summed E-state index contributed by atoms with van der Waals surface area (Å²) >= 11 is 0. The Morgan fingerprint density at radius 1 is 1.21 bits per heavy atom. The molecule has 1 aromatic carbocycles. The van der Waals surface area contributed by atoms with Crippen molar-refractivity contribution in [3.05, 3.63) is 23.8 Å². The summed E-state index contributed by atoms with van der Waals surface area (Å²) in [5, 5.41) is 0. The first kappa shape index (κ1) is 14.4. The highest BCUT2D eigenvalue weighted by Gasteiger charge is 2.23. The average Bonchev–Trinajstić information content (AvgIpc) is 2.86. The third-order valence-corrected chi connectivity index (χ3v) is 3.76. The van der Waals surface area contributed by atoms with Crippen molar-refractivity contribution in [1.29, 1.82) is 0 Å². The van der Waals surface area contributed by atoms with Crippen LogP contribution in [0, 0.1) is 0 Å². The van der Waals surface area contributed by atoms with Gasteiger partial charge in [-0.1, -0.05) is 6.07 Å². The fourth-order valence-electron chi connectivity index (χ4n) is 2.79. The Balaban J connectivity index is 0.00000133. The van der Waals surface area contributed by atoms with E-state index in [0.717, 1.165) is 31.1 Å². The first-order chi connectivity index (χ1) is 8.86. The number of likely N-dealkylation sites (tertiary alicyclic amines) is 1. The minimum absolute atomic E-state index is 0. The van der Waals surface area contributed by atoms with E-state index in [4.69, 9.17) is 15.2 Å². The molecule has 1 saturated heterocycles. The van der Waals surface area contributed by atoms with E-state index in [1.165, 1.54) is 18.4 Å². The lowest BCUT2D eigenvalue weighted by Crippen LogP contribution is -2.34. The quantitative estimate of drug-likeness (QED) is 0.919. The smallest absolute Gasteiger partial charge is 0.161 e. The molecule has 5 heteroatoms. The largest absolute Gasteiger partial charge is 0.486 e. The molecular weight excluding hydrogens is 264 g/mol. The van der Waals surface area contributed by atoms with Crippen LogP contribution in [0.3, 0.4) is 0 Å². The summed E-state index contributed by atoms with van der Waals surface area (Å²) in [6.45, 7) is 4.15. The average molecular weight is 285 g/mol. The fourth-order valence-corrected chi connectivity index (χ4v) is 2.79. The molecule has 2 aliphatic heterocycles. The van der Waals surface area contributed by atoms with Crippen molar-refractivity contribution in [3.63, 3.8) is 0 Å². The van der Waals surface area contributed by atoms with Gasteiger partial charge in [0.1, 0.15) is 13.2 Å². The van der Waals surface area contributed by atoms with Crippen LogP contribution in [0.1, 0.15) is 18.4 Å². The zero-order chi connectivity index (χ0) is 12.4. The molecule has 1 aromatic rings. The van der Waals surface area contributed by atoms with Gasteiger partial charge in [-0.15, -0.1) is 12.4 Å². The number of fused-ring (bicyclic) bond motifs is 1. The highest BCUT2D eigenvalue weighted by molar-refractivity contribution is 5.85. The Morgan fingerprint density at radius 3 is 2.79 bits per heavy atom. The lowest BCUT2D eigenvalue weighted by molar-refractivity contribution is 0.171. The third kappa shape index (κ3) is 3.14. The lowest BCUT2D eigenvalue weighted by Gasteiger charge is -2.24. The van der Waals surface area contributed by atoms with Crippen LogP contribution in [0.25, 0.3) is 0 Å². The Labute approximate surface area is 120 Å². The summed E-state index contributed by atoms with van der Waals surface area (Å²) in [6.07, 6.45) is 2.48. The zero-order valence-electron chi connectivity index (χ0n) is 11.0. The number of nitrogens with zero attached hydrogens (tertiary/aromatic N) is 1. The maximum Gasteiger partial charge on any atom is 0.161 e. The molecule has 2 aliphatic rings. The van der Waals surface area contributed by atoms with E-state index < -0.39 is 0 Å². The van der Waals surface area contributed by atoms with Crippen LogP contribution in [0.2, 0.25) is 0 Å². The summed E-state index contributed by atoms with van der Waals surface area (Å²) in [4.78, 5) is 2.46. The molecule has 2 N–H and O–H groups in total.